The highest BCUT2D eigenvalue weighted by Crippen LogP contribution is 2.26. The molecule has 1 heterocycles. The zero-order valence-electron chi connectivity index (χ0n) is 12.5. The molecule has 0 aliphatic carbocycles. The Kier molecular flexibility index (Phi) is 4.02. The lowest BCUT2D eigenvalue weighted by molar-refractivity contribution is 0.478. The largest absolute Gasteiger partial charge is 0.506 e. The van der Waals surface area contributed by atoms with Crippen LogP contribution in [-0.2, 0) is 6.42 Å². The first kappa shape index (κ1) is 14.4. The van der Waals surface area contributed by atoms with Gasteiger partial charge in [0.15, 0.2) is 0 Å². The van der Waals surface area contributed by atoms with E-state index in [2.05, 4.69) is 38.9 Å². The quantitative estimate of drug-likeness (QED) is 0.662. The van der Waals surface area contributed by atoms with Gasteiger partial charge in [0.2, 0.25) is 0 Å². The van der Waals surface area contributed by atoms with E-state index in [1.807, 2.05) is 10.7 Å². The highest BCUT2D eigenvalue weighted by molar-refractivity contribution is 5.57. The van der Waals surface area contributed by atoms with Gasteiger partial charge in [-0.2, -0.15) is 5.10 Å². The maximum Gasteiger partial charge on any atom is 0.138 e. The SMILES string of the molecule is C[C](C)Cc1cc(C(C)C)nn1-c1ccc(O)c(N)c1. The predicted octanol–water partition coefficient (Wildman–Crippen LogP) is 3.44. The Morgan fingerprint density at radius 1 is 1.30 bits per heavy atom. The maximum absolute atomic E-state index is 9.54. The van der Waals surface area contributed by atoms with Crippen molar-refractivity contribution < 1.29 is 5.11 Å². The van der Waals surface area contributed by atoms with Crippen LogP contribution < -0.4 is 5.73 Å². The average molecular weight is 272 g/mol. The summed E-state index contributed by atoms with van der Waals surface area (Å²) in [5.41, 5.74) is 9.23. The molecule has 4 heteroatoms. The Morgan fingerprint density at radius 2 is 2.00 bits per heavy atom. The molecule has 4 nitrogen and oxygen atoms in total. The first-order chi connectivity index (χ1) is 9.38. The minimum absolute atomic E-state index is 0.102. The highest BCUT2D eigenvalue weighted by Gasteiger charge is 2.14. The fraction of sp³-hybridized carbons (Fsp3) is 0.375. The molecule has 1 aromatic heterocycles. The summed E-state index contributed by atoms with van der Waals surface area (Å²) in [5.74, 6) is 1.81. The zero-order valence-corrected chi connectivity index (χ0v) is 12.5. The fourth-order valence-corrected chi connectivity index (χ4v) is 2.11. The summed E-state index contributed by atoms with van der Waals surface area (Å²) in [6.07, 6.45) is 0.875. The number of phenolic OH excluding ortho intramolecular Hbond substituents is 1. The Labute approximate surface area is 120 Å². The smallest absolute Gasteiger partial charge is 0.138 e. The molecule has 2 rings (SSSR count). The molecule has 0 amide bonds. The molecule has 20 heavy (non-hydrogen) atoms. The third kappa shape index (κ3) is 2.95. The van der Waals surface area contributed by atoms with Crippen molar-refractivity contribution in [3.63, 3.8) is 0 Å². The molecular weight excluding hydrogens is 250 g/mol. The summed E-state index contributed by atoms with van der Waals surface area (Å²) in [4.78, 5) is 0. The van der Waals surface area contributed by atoms with Crippen molar-refractivity contribution >= 4 is 5.69 Å². The second-order valence-electron chi connectivity index (χ2n) is 5.75. The molecule has 0 saturated heterocycles. The van der Waals surface area contributed by atoms with Crippen LogP contribution in [0.25, 0.3) is 5.69 Å². The molecule has 0 unspecified atom stereocenters. The van der Waals surface area contributed by atoms with E-state index >= 15 is 0 Å². The van der Waals surface area contributed by atoms with E-state index < -0.39 is 0 Å². The van der Waals surface area contributed by atoms with E-state index in [9.17, 15) is 5.11 Å². The van der Waals surface area contributed by atoms with E-state index in [4.69, 9.17) is 5.73 Å². The molecular formula is C16H22N3O. The monoisotopic (exact) mass is 272 g/mol. The number of aromatic hydroxyl groups is 1. The van der Waals surface area contributed by atoms with Gasteiger partial charge in [-0.25, -0.2) is 4.68 Å². The third-order valence-corrected chi connectivity index (χ3v) is 3.18. The standard InChI is InChI=1S/C16H22N3O/c1-10(2)7-13-9-15(11(3)4)18-19(13)12-5-6-16(20)14(17)8-12/h5-6,8-9,11,20H,7,17H2,1-4H3. The van der Waals surface area contributed by atoms with Crippen LogP contribution in [0.2, 0.25) is 0 Å². The van der Waals surface area contributed by atoms with Gasteiger partial charge in [-0.15, -0.1) is 0 Å². The molecule has 0 bridgehead atoms. The lowest BCUT2D eigenvalue weighted by Crippen LogP contribution is -2.05. The topological polar surface area (TPSA) is 64.1 Å². The second-order valence-corrected chi connectivity index (χ2v) is 5.75. The number of anilines is 1. The summed E-state index contributed by atoms with van der Waals surface area (Å²) in [7, 11) is 0. The van der Waals surface area contributed by atoms with Gasteiger partial charge < -0.3 is 10.8 Å². The van der Waals surface area contributed by atoms with E-state index in [0.29, 0.717) is 11.6 Å². The Hall–Kier alpha value is -1.97. The van der Waals surface area contributed by atoms with Crippen LogP contribution >= 0.6 is 0 Å². The van der Waals surface area contributed by atoms with Crippen molar-refractivity contribution in [1.82, 2.24) is 9.78 Å². The van der Waals surface area contributed by atoms with Crippen molar-refractivity contribution in [1.29, 1.82) is 0 Å². The molecule has 1 aromatic carbocycles. The summed E-state index contributed by atoms with van der Waals surface area (Å²) in [6.45, 7) is 8.48. The van der Waals surface area contributed by atoms with Crippen molar-refractivity contribution in [3.8, 4) is 11.4 Å². The number of hydrogen-bond donors (Lipinski definition) is 2. The number of nitrogens with two attached hydrogens (primary N) is 1. The number of benzene rings is 1. The first-order valence-corrected chi connectivity index (χ1v) is 6.85. The second kappa shape index (κ2) is 5.57. The number of aromatic nitrogens is 2. The normalized spacial score (nSPS) is 11.5. The molecule has 0 spiro atoms. The van der Waals surface area contributed by atoms with E-state index in [-0.39, 0.29) is 5.75 Å². The predicted molar refractivity (Wildman–Crippen MR) is 82.0 cm³/mol. The molecule has 2 aromatic rings. The molecule has 0 saturated carbocycles. The van der Waals surface area contributed by atoms with Crippen LogP contribution in [0, 0.1) is 5.92 Å². The van der Waals surface area contributed by atoms with Crippen molar-refractivity contribution in [2.24, 2.45) is 0 Å². The number of nitrogens with zero attached hydrogens (tertiary/aromatic N) is 2. The first-order valence-electron chi connectivity index (χ1n) is 6.85. The van der Waals surface area contributed by atoms with Crippen LogP contribution in [-0.4, -0.2) is 14.9 Å². The van der Waals surface area contributed by atoms with Crippen molar-refractivity contribution in [2.75, 3.05) is 5.73 Å². The van der Waals surface area contributed by atoms with Gasteiger partial charge in [-0.05, 0) is 42.5 Å². The Balaban J connectivity index is 2.49. The van der Waals surface area contributed by atoms with Gasteiger partial charge in [-0.3, -0.25) is 0 Å². The van der Waals surface area contributed by atoms with Crippen LogP contribution in [0.4, 0.5) is 5.69 Å². The highest BCUT2D eigenvalue weighted by atomic mass is 16.3. The summed E-state index contributed by atoms with van der Waals surface area (Å²) in [6, 6.07) is 7.33. The molecule has 1 radical (unpaired) electrons. The van der Waals surface area contributed by atoms with Gasteiger partial charge in [0.25, 0.3) is 0 Å². The minimum Gasteiger partial charge on any atom is -0.506 e. The molecule has 0 aliphatic rings. The Bertz CT molecular complexity index is 600. The van der Waals surface area contributed by atoms with Gasteiger partial charge >= 0.3 is 0 Å². The minimum atomic E-state index is 0.102. The molecule has 0 atom stereocenters. The van der Waals surface area contributed by atoms with Crippen molar-refractivity contribution in [2.45, 2.75) is 40.0 Å². The third-order valence-electron chi connectivity index (χ3n) is 3.18. The van der Waals surface area contributed by atoms with E-state index in [1.165, 1.54) is 5.92 Å². The summed E-state index contributed by atoms with van der Waals surface area (Å²) < 4.78 is 1.91. The number of phenols is 1. The van der Waals surface area contributed by atoms with Gasteiger partial charge in [0.05, 0.1) is 17.1 Å². The van der Waals surface area contributed by atoms with Crippen molar-refractivity contribution in [3.05, 3.63) is 41.6 Å². The van der Waals surface area contributed by atoms with Gasteiger partial charge in [0.1, 0.15) is 5.75 Å². The average Bonchev–Trinajstić information content (AvgIpc) is 2.76. The Morgan fingerprint density at radius 3 is 2.55 bits per heavy atom. The molecule has 3 N–H and O–H groups in total. The molecule has 0 aliphatic heterocycles. The maximum atomic E-state index is 9.54. The summed E-state index contributed by atoms with van der Waals surface area (Å²) >= 11 is 0. The lowest BCUT2D eigenvalue weighted by atomic mass is 10.1. The number of hydrogen-bond acceptors (Lipinski definition) is 3. The van der Waals surface area contributed by atoms with Gasteiger partial charge in [0, 0.05) is 5.69 Å². The molecule has 0 fully saturated rings. The molecule has 107 valence electrons. The van der Waals surface area contributed by atoms with Crippen LogP contribution in [0.1, 0.15) is 45.0 Å². The van der Waals surface area contributed by atoms with E-state index in [1.54, 1.807) is 12.1 Å². The van der Waals surface area contributed by atoms with Gasteiger partial charge in [-0.1, -0.05) is 27.7 Å². The zero-order chi connectivity index (χ0) is 14.9. The summed E-state index contributed by atoms with van der Waals surface area (Å²) in [5, 5.41) is 14.2. The number of nitrogen functional groups attached to an aromatic ring is 1. The van der Waals surface area contributed by atoms with Crippen LogP contribution in [0.15, 0.2) is 24.3 Å². The van der Waals surface area contributed by atoms with E-state index in [0.717, 1.165) is 23.5 Å². The van der Waals surface area contributed by atoms with Crippen LogP contribution in [0.5, 0.6) is 5.75 Å². The fourth-order valence-electron chi connectivity index (χ4n) is 2.11. The number of rotatable bonds is 4. The van der Waals surface area contributed by atoms with Crippen LogP contribution in [0.3, 0.4) is 0 Å². The lowest BCUT2D eigenvalue weighted by Gasteiger charge is -2.10.